The van der Waals surface area contributed by atoms with Crippen LogP contribution in [-0.2, 0) is 12.0 Å². The van der Waals surface area contributed by atoms with E-state index in [1.165, 1.54) is 5.56 Å². The van der Waals surface area contributed by atoms with E-state index >= 15 is 0 Å². The van der Waals surface area contributed by atoms with Crippen molar-refractivity contribution in [3.8, 4) is 11.4 Å². The maximum absolute atomic E-state index is 5.32. The second-order valence-electron chi connectivity index (χ2n) is 6.17. The average molecular weight is 313 g/mol. The number of thiophene rings is 1. The third kappa shape index (κ3) is 3.20. The Balaban J connectivity index is 1.74. The maximum atomic E-state index is 5.32. The van der Waals surface area contributed by atoms with Gasteiger partial charge in [0.05, 0.1) is 6.54 Å². The molecule has 5 heteroatoms. The summed E-state index contributed by atoms with van der Waals surface area (Å²) in [6.45, 7) is 7.13. The fraction of sp³-hybridized carbons (Fsp3) is 0.294. The predicted octanol–water partition coefficient (Wildman–Crippen LogP) is 4.71. The molecule has 4 nitrogen and oxygen atoms in total. The molecule has 0 aliphatic rings. The molecule has 1 N–H and O–H groups in total. The number of benzene rings is 1. The van der Waals surface area contributed by atoms with Gasteiger partial charge >= 0.3 is 0 Å². The Morgan fingerprint density at radius 1 is 1.18 bits per heavy atom. The Kier molecular flexibility index (Phi) is 3.98. The quantitative estimate of drug-likeness (QED) is 0.758. The van der Waals surface area contributed by atoms with Crippen LogP contribution in [0.5, 0.6) is 0 Å². The average Bonchev–Trinajstić information content (AvgIpc) is 3.15. The second kappa shape index (κ2) is 5.93. The van der Waals surface area contributed by atoms with Crippen LogP contribution in [0.2, 0.25) is 0 Å². The molecular formula is C17H19N3OS. The number of para-hydroxylation sites is 1. The molecule has 0 radical (unpaired) electrons. The highest BCUT2D eigenvalue weighted by Crippen LogP contribution is 2.29. The number of hydrogen-bond acceptors (Lipinski definition) is 5. The van der Waals surface area contributed by atoms with E-state index < -0.39 is 0 Å². The standard InChI is InChI=1S/C17H19N3OS/c1-17(2,3)13-6-4-5-7-14(13)18-10-15-19-16(20-21-15)12-8-9-22-11-12/h4-9,11,18H,10H2,1-3H3. The summed E-state index contributed by atoms with van der Waals surface area (Å²) >= 11 is 1.62. The second-order valence-corrected chi connectivity index (χ2v) is 6.95. The zero-order valence-corrected chi connectivity index (χ0v) is 13.8. The van der Waals surface area contributed by atoms with Crippen molar-refractivity contribution in [2.75, 3.05) is 5.32 Å². The Morgan fingerprint density at radius 3 is 2.73 bits per heavy atom. The molecule has 114 valence electrons. The number of rotatable bonds is 4. The highest BCUT2D eigenvalue weighted by molar-refractivity contribution is 7.08. The topological polar surface area (TPSA) is 51.0 Å². The molecule has 0 spiro atoms. The van der Waals surface area contributed by atoms with E-state index in [1.807, 2.05) is 22.9 Å². The molecule has 3 aromatic rings. The van der Waals surface area contributed by atoms with Gasteiger partial charge in [0.2, 0.25) is 11.7 Å². The van der Waals surface area contributed by atoms with Crippen molar-refractivity contribution in [3.63, 3.8) is 0 Å². The van der Waals surface area contributed by atoms with Crippen LogP contribution in [0.15, 0.2) is 45.6 Å². The van der Waals surface area contributed by atoms with Crippen LogP contribution >= 0.6 is 11.3 Å². The molecule has 22 heavy (non-hydrogen) atoms. The van der Waals surface area contributed by atoms with Crippen LogP contribution in [0, 0.1) is 0 Å². The van der Waals surface area contributed by atoms with Crippen LogP contribution < -0.4 is 5.32 Å². The van der Waals surface area contributed by atoms with Gasteiger partial charge in [-0.3, -0.25) is 0 Å². The number of nitrogens with zero attached hydrogens (tertiary/aromatic N) is 2. The van der Waals surface area contributed by atoms with E-state index in [-0.39, 0.29) is 5.41 Å². The van der Waals surface area contributed by atoms with Crippen LogP contribution in [0.25, 0.3) is 11.4 Å². The molecule has 0 aliphatic carbocycles. The normalized spacial score (nSPS) is 11.6. The molecule has 0 saturated heterocycles. The van der Waals surface area contributed by atoms with Crippen molar-refractivity contribution in [1.29, 1.82) is 0 Å². The summed E-state index contributed by atoms with van der Waals surface area (Å²) in [5, 5.41) is 11.4. The molecule has 2 heterocycles. The Morgan fingerprint density at radius 2 is 2.00 bits per heavy atom. The number of aromatic nitrogens is 2. The van der Waals surface area contributed by atoms with E-state index in [2.05, 4.69) is 54.4 Å². The first-order valence-corrected chi connectivity index (χ1v) is 8.17. The molecule has 0 fully saturated rings. The van der Waals surface area contributed by atoms with Crippen molar-refractivity contribution in [1.82, 2.24) is 10.1 Å². The van der Waals surface area contributed by atoms with E-state index in [4.69, 9.17) is 4.52 Å². The van der Waals surface area contributed by atoms with Crippen LogP contribution in [-0.4, -0.2) is 10.1 Å². The van der Waals surface area contributed by atoms with Gasteiger partial charge in [0.1, 0.15) is 0 Å². The van der Waals surface area contributed by atoms with E-state index in [0.29, 0.717) is 18.3 Å². The predicted molar refractivity (Wildman–Crippen MR) is 90.1 cm³/mol. The number of anilines is 1. The lowest BCUT2D eigenvalue weighted by Crippen LogP contribution is -2.14. The monoisotopic (exact) mass is 313 g/mol. The van der Waals surface area contributed by atoms with Gasteiger partial charge in [-0.2, -0.15) is 16.3 Å². The molecule has 3 rings (SSSR count). The van der Waals surface area contributed by atoms with E-state index in [9.17, 15) is 0 Å². The smallest absolute Gasteiger partial charge is 0.246 e. The lowest BCUT2D eigenvalue weighted by atomic mass is 9.86. The first-order chi connectivity index (χ1) is 10.5. The minimum Gasteiger partial charge on any atom is -0.376 e. The van der Waals surface area contributed by atoms with Gasteiger partial charge in [0.15, 0.2) is 0 Å². The van der Waals surface area contributed by atoms with Crippen molar-refractivity contribution >= 4 is 17.0 Å². The molecule has 2 aromatic heterocycles. The Hall–Kier alpha value is -2.14. The SMILES string of the molecule is CC(C)(C)c1ccccc1NCc1nc(-c2ccsc2)no1. The highest BCUT2D eigenvalue weighted by Gasteiger charge is 2.17. The molecule has 0 amide bonds. The minimum atomic E-state index is 0.0836. The molecule has 0 saturated carbocycles. The highest BCUT2D eigenvalue weighted by atomic mass is 32.1. The zero-order chi connectivity index (χ0) is 15.6. The summed E-state index contributed by atoms with van der Waals surface area (Å²) in [7, 11) is 0. The summed E-state index contributed by atoms with van der Waals surface area (Å²) in [5.41, 5.74) is 3.45. The van der Waals surface area contributed by atoms with E-state index in [1.54, 1.807) is 11.3 Å². The van der Waals surface area contributed by atoms with Crippen LogP contribution in [0.4, 0.5) is 5.69 Å². The molecule has 0 aliphatic heterocycles. The Bertz CT molecular complexity index is 741. The van der Waals surface area contributed by atoms with Gasteiger partial charge in [0.25, 0.3) is 0 Å². The summed E-state index contributed by atoms with van der Waals surface area (Å²) in [6.07, 6.45) is 0. The van der Waals surface area contributed by atoms with Gasteiger partial charge in [-0.25, -0.2) is 0 Å². The van der Waals surface area contributed by atoms with Crippen molar-refractivity contribution < 1.29 is 4.52 Å². The van der Waals surface area contributed by atoms with Crippen molar-refractivity contribution in [3.05, 3.63) is 52.5 Å². The third-order valence-corrected chi connectivity index (χ3v) is 4.10. The third-order valence-electron chi connectivity index (χ3n) is 3.41. The molecule has 1 aromatic carbocycles. The van der Waals surface area contributed by atoms with Crippen molar-refractivity contribution in [2.24, 2.45) is 0 Å². The van der Waals surface area contributed by atoms with Crippen LogP contribution in [0.1, 0.15) is 32.2 Å². The lowest BCUT2D eigenvalue weighted by Gasteiger charge is -2.23. The first-order valence-electron chi connectivity index (χ1n) is 7.22. The van der Waals surface area contributed by atoms with Gasteiger partial charge in [0, 0.05) is 16.6 Å². The number of hydrogen-bond donors (Lipinski definition) is 1. The number of nitrogens with one attached hydrogen (secondary N) is 1. The van der Waals surface area contributed by atoms with E-state index in [0.717, 1.165) is 11.3 Å². The van der Waals surface area contributed by atoms with Gasteiger partial charge in [-0.15, -0.1) is 0 Å². The Labute approximate surface area is 134 Å². The molecule has 0 atom stereocenters. The lowest BCUT2D eigenvalue weighted by molar-refractivity contribution is 0.384. The summed E-state index contributed by atoms with van der Waals surface area (Å²) in [4.78, 5) is 4.43. The summed E-state index contributed by atoms with van der Waals surface area (Å²) < 4.78 is 5.32. The minimum absolute atomic E-state index is 0.0836. The first kappa shape index (κ1) is 14.8. The van der Waals surface area contributed by atoms with Gasteiger partial charge in [-0.1, -0.05) is 44.1 Å². The fourth-order valence-corrected chi connectivity index (χ4v) is 2.93. The van der Waals surface area contributed by atoms with Gasteiger partial charge < -0.3 is 9.84 Å². The van der Waals surface area contributed by atoms with Crippen molar-refractivity contribution in [2.45, 2.75) is 32.7 Å². The summed E-state index contributed by atoms with van der Waals surface area (Å²) in [5.74, 6) is 1.23. The molecule has 0 bridgehead atoms. The fourth-order valence-electron chi connectivity index (χ4n) is 2.30. The molecular weight excluding hydrogens is 294 g/mol. The summed E-state index contributed by atoms with van der Waals surface area (Å²) in [6, 6.07) is 10.3. The largest absolute Gasteiger partial charge is 0.376 e. The maximum Gasteiger partial charge on any atom is 0.246 e. The van der Waals surface area contributed by atoms with Crippen LogP contribution in [0.3, 0.4) is 0 Å². The molecule has 0 unspecified atom stereocenters. The zero-order valence-electron chi connectivity index (χ0n) is 13.0. The van der Waals surface area contributed by atoms with Gasteiger partial charge in [-0.05, 0) is 28.5 Å².